The third-order valence-electron chi connectivity index (χ3n) is 3.72. The molecule has 3 rings (SSSR count). The minimum absolute atomic E-state index is 0.131. The molecule has 0 unspecified atom stereocenters. The van der Waals surface area contributed by atoms with E-state index in [-0.39, 0.29) is 17.2 Å². The lowest BCUT2D eigenvalue weighted by Crippen LogP contribution is -2.14. The average Bonchev–Trinajstić information content (AvgIpc) is 3.10. The zero-order valence-corrected chi connectivity index (χ0v) is 15.6. The summed E-state index contributed by atoms with van der Waals surface area (Å²) < 4.78 is 1.88. The number of hydrogen-bond donors (Lipinski definition) is 2. The van der Waals surface area contributed by atoms with E-state index in [2.05, 4.69) is 27.1 Å². The molecule has 2 heterocycles. The topological polar surface area (TPSA) is 110 Å². The van der Waals surface area contributed by atoms with Crippen LogP contribution in [-0.2, 0) is 11.3 Å². The van der Waals surface area contributed by atoms with Gasteiger partial charge in [0.25, 0.3) is 0 Å². The van der Waals surface area contributed by atoms with Crippen LogP contribution < -0.4 is 5.32 Å². The molecule has 0 saturated heterocycles. The van der Waals surface area contributed by atoms with Crippen LogP contribution in [0.1, 0.15) is 10.4 Å². The first-order chi connectivity index (χ1) is 13.6. The molecule has 0 atom stereocenters. The fraction of sp³-hybridized carbons (Fsp3) is 0.105. The van der Waals surface area contributed by atoms with Crippen LogP contribution in [0, 0.1) is 0 Å². The van der Waals surface area contributed by atoms with Crippen molar-refractivity contribution in [3.63, 3.8) is 0 Å². The standard InChI is InChI=1S/C19H17N5O3S/c1-2-11-24-17(13-7-9-20-10-8-13)22-23-19(24)28-12-16(25)21-15-5-3-14(4-6-15)18(26)27/h2-10H,1,11-12H2,(H,21,25)(H,26,27). The van der Waals surface area contributed by atoms with E-state index in [4.69, 9.17) is 5.11 Å². The van der Waals surface area contributed by atoms with E-state index in [1.54, 1.807) is 30.6 Å². The van der Waals surface area contributed by atoms with Crippen LogP contribution in [0.2, 0.25) is 0 Å². The van der Waals surface area contributed by atoms with Gasteiger partial charge in [0, 0.05) is 30.2 Å². The molecule has 0 aliphatic heterocycles. The summed E-state index contributed by atoms with van der Waals surface area (Å²) >= 11 is 1.26. The van der Waals surface area contributed by atoms with Crippen molar-refractivity contribution in [3.05, 3.63) is 67.0 Å². The number of amides is 1. The highest BCUT2D eigenvalue weighted by Crippen LogP contribution is 2.24. The van der Waals surface area contributed by atoms with Gasteiger partial charge in [-0.1, -0.05) is 17.8 Å². The predicted molar refractivity (Wildman–Crippen MR) is 106 cm³/mol. The second-order valence-electron chi connectivity index (χ2n) is 5.66. The van der Waals surface area contributed by atoms with Crippen LogP contribution >= 0.6 is 11.8 Å². The first kappa shape index (κ1) is 19.3. The molecule has 0 radical (unpaired) electrons. The number of pyridine rings is 1. The molecule has 0 bridgehead atoms. The van der Waals surface area contributed by atoms with Gasteiger partial charge in [0.2, 0.25) is 5.91 Å². The van der Waals surface area contributed by atoms with Crippen LogP contribution in [0.4, 0.5) is 5.69 Å². The van der Waals surface area contributed by atoms with Crippen LogP contribution in [0.3, 0.4) is 0 Å². The number of carbonyl (C=O) groups excluding carboxylic acids is 1. The number of carboxylic acids is 1. The van der Waals surface area contributed by atoms with Gasteiger partial charge in [-0.25, -0.2) is 4.79 Å². The normalized spacial score (nSPS) is 10.4. The fourth-order valence-electron chi connectivity index (χ4n) is 2.43. The second kappa shape index (κ2) is 8.96. The van der Waals surface area contributed by atoms with Gasteiger partial charge in [0.05, 0.1) is 11.3 Å². The van der Waals surface area contributed by atoms with Crippen LogP contribution in [0.25, 0.3) is 11.4 Å². The van der Waals surface area contributed by atoms with Gasteiger partial charge in [-0.3, -0.25) is 14.3 Å². The molecule has 9 heteroatoms. The number of carboxylic acid groups (broad SMARTS) is 1. The molecule has 0 aliphatic carbocycles. The quantitative estimate of drug-likeness (QED) is 0.446. The maximum atomic E-state index is 12.2. The van der Waals surface area contributed by atoms with Crippen molar-refractivity contribution in [2.75, 3.05) is 11.1 Å². The highest BCUT2D eigenvalue weighted by atomic mass is 32.2. The number of allylic oxidation sites excluding steroid dienone is 1. The molecule has 2 N–H and O–H groups in total. The Morgan fingerprint density at radius 2 is 1.86 bits per heavy atom. The number of rotatable bonds is 8. The van der Waals surface area contributed by atoms with Gasteiger partial charge in [0.15, 0.2) is 11.0 Å². The summed E-state index contributed by atoms with van der Waals surface area (Å²) in [7, 11) is 0. The van der Waals surface area contributed by atoms with Crippen LogP contribution in [0.15, 0.2) is 66.6 Å². The Balaban J connectivity index is 1.66. The molecule has 0 spiro atoms. The predicted octanol–water partition coefficient (Wildman–Crippen LogP) is 2.96. The summed E-state index contributed by atoms with van der Waals surface area (Å²) in [5.41, 5.74) is 1.56. The zero-order chi connectivity index (χ0) is 19.9. The SMILES string of the molecule is C=CCn1c(SCC(=O)Nc2ccc(C(=O)O)cc2)nnc1-c1ccncc1. The summed E-state index contributed by atoms with van der Waals surface area (Å²) in [5, 5.41) is 20.6. The van der Waals surface area contributed by atoms with Crippen molar-refractivity contribution in [1.29, 1.82) is 0 Å². The molecular formula is C19H17N5O3S. The highest BCUT2D eigenvalue weighted by Gasteiger charge is 2.15. The van der Waals surface area contributed by atoms with E-state index in [0.29, 0.717) is 23.2 Å². The van der Waals surface area contributed by atoms with Crippen molar-refractivity contribution in [2.24, 2.45) is 0 Å². The molecule has 3 aromatic rings. The largest absolute Gasteiger partial charge is 0.478 e. The third-order valence-corrected chi connectivity index (χ3v) is 4.68. The van der Waals surface area contributed by atoms with Crippen molar-refractivity contribution in [3.8, 4) is 11.4 Å². The van der Waals surface area contributed by atoms with E-state index >= 15 is 0 Å². The number of anilines is 1. The number of benzene rings is 1. The zero-order valence-electron chi connectivity index (χ0n) is 14.8. The minimum Gasteiger partial charge on any atom is -0.478 e. The van der Waals surface area contributed by atoms with E-state index in [1.807, 2.05) is 16.7 Å². The Hall–Kier alpha value is -3.46. The maximum Gasteiger partial charge on any atom is 0.335 e. The Morgan fingerprint density at radius 1 is 1.14 bits per heavy atom. The number of aromatic carboxylic acids is 1. The molecule has 142 valence electrons. The van der Waals surface area contributed by atoms with Gasteiger partial charge in [-0.05, 0) is 36.4 Å². The number of aromatic nitrogens is 4. The summed E-state index contributed by atoms with van der Waals surface area (Å²) in [4.78, 5) is 27.1. The first-order valence-electron chi connectivity index (χ1n) is 8.29. The van der Waals surface area contributed by atoms with Gasteiger partial charge < -0.3 is 10.4 Å². The Labute approximate surface area is 165 Å². The average molecular weight is 395 g/mol. The molecule has 0 saturated carbocycles. The second-order valence-corrected chi connectivity index (χ2v) is 6.60. The van der Waals surface area contributed by atoms with Crippen molar-refractivity contribution >= 4 is 29.3 Å². The van der Waals surface area contributed by atoms with Gasteiger partial charge >= 0.3 is 5.97 Å². The molecule has 2 aromatic heterocycles. The van der Waals surface area contributed by atoms with Crippen molar-refractivity contribution in [1.82, 2.24) is 19.7 Å². The van der Waals surface area contributed by atoms with Crippen molar-refractivity contribution in [2.45, 2.75) is 11.7 Å². The summed E-state index contributed by atoms with van der Waals surface area (Å²) in [6, 6.07) is 9.65. The molecule has 1 amide bonds. The molecule has 28 heavy (non-hydrogen) atoms. The van der Waals surface area contributed by atoms with E-state index in [9.17, 15) is 9.59 Å². The summed E-state index contributed by atoms with van der Waals surface area (Å²) in [6.45, 7) is 4.27. The Kier molecular flexibility index (Phi) is 6.18. The van der Waals surface area contributed by atoms with Gasteiger partial charge in [0.1, 0.15) is 0 Å². The Bertz CT molecular complexity index is 987. The lowest BCUT2D eigenvalue weighted by atomic mass is 10.2. The molecule has 1 aromatic carbocycles. The number of nitrogens with one attached hydrogen (secondary N) is 1. The third kappa shape index (κ3) is 4.63. The number of hydrogen-bond acceptors (Lipinski definition) is 6. The molecule has 0 aliphatic rings. The van der Waals surface area contributed by atoms with E-state index in [0.717, 1.165) is 5.56 Å². The van der Waals surface area contributed by atoms with Crippen LogP contribution in [-0.4, -0.2) is 42.5 Å². The summed E-state index contributed by atoms with van der Waals surface area (Å²) in [5.74, 6) is -0.437. The minimum atomic E-state index is -1.01. The number of thioether (sulfide) groups is 1. The maximum absolute atomic E-state index is 12.2. The lowest BCUT2D eigenvalue weighted by Gasteiger charge is -2.08. The molecular weight excluding hydrogens is 378 g/mol. The smallest absolute Gasteiger partial charge is 0.335 e. The first-order valence-corrected chi connectivity index (χ1v) is 9.27. The molecule has 0 fully saturated rings. The summed E-state index contributed by atoms with van der Waals surface area (Å²) in [6.07, 6.45) is 5.10. The monoisotopic (exact) mass is 395 g/mol. The number of carbonyl (C=O) groups is 2. The van der Waals surface area contributed by atoms with Crippen LogP contribution in [0.5, 0.6) is 0 Å². The number of nitrogens with zero attached hydrogens (tertiary/aromatic N) is 4. The van der Waals surface area contributed by atoms with Gasteiger partial charge in [-0.15, -0.1) is 16.8 Å². The van der Waals surface area contributed by atoms with E-state index < -0.39 is 5.97 Å². The molecule has 8 nitrogen and oxygen atoms in total. The lowest BCUT2D eigenvalue weighted by molar-refractivity contribution is -0.113. The van der Waals surface area contributed by atoms with Gasteiger partial charge in [-0.2, -0.15) is 0 Å². The fourth-order valence-corrected chi connectivity index (χ4v) is 3.17. The Morgan fingerprint density at radius 3 is 2.50 bits per heavy atom. The van der Waals surface area contributed by atoms with Crippen molar-refractivity contribution < 1.29 is 14.7 Å². The highest BCUT2D eigenvalue weighted by molar-refractivity contribution is 7.99. The van der Waals surface area contributed by atoms with E-state index in [1.165, 1.54) is 23.9 Å².